The van der Waals surface area contributed by atoms with Crippen molar-refractivity contribution >= 4 is 66.4 Å². The first-order valence-electron chi connectivity index (χ1n) is 30.4. The van der Waals surface area contributed by atoms with Gasteiger partial charge in [0.15, 0.2) is 11.6 Å². The lowest BCUT2D eigenvalue weighted by molar-refractivity contribution is 0.632. The smallest absolute Gasteiger partial charge is 0.155 e. The van der Waals surface area contributed by atoms with Gasteiger partial charge in [0.05, 0.1) is 36.5 Å². The normalized spacial score (nSPS) is 13.4. The zero-order valence-corrected chi connectivity index (χ0v) is 43.5. The highest BCUT2D eigenvalue weighted by atomic mass is 19.1. The lowest BCUT2D eigenvalue weighted by atomic mass is 9.89. The van der Waals surface area contributed by atoms with Crippen molar-refractivity contribution in [3.05, 3.63) is 262 Å². The molecule has 0 aliphatic heterocycles. The molecule has 0 aliphatic carbocycles. The summed E-state index contributed by atoms with van der Waals surface area (Å²) in [5.74, 6) is -1.40. The van der Waals surface area contributed by atoms with E-state index in [4.69, 9.17) is 8.22 Å². The Labute approximate surface area is 459 Å². The molecule has 12 rings (SSSR count). The summed E-state index contributed by atoms with van der Waals surface area (Å²) in [6.07, 6.45) is 0. The van der Waals surface area contributed by atoms with E-state index in [-0.39, 0.29) is 45.3 Å². The second-order valence-electron chi connectivity index (χ2n) is 20.4. The number of hydrogen-bond donors (Lipinski definition) is 0. The van der Waals surface area contributed by atoms with E-state index in [1.807, 2.05) is 177 Å². The fourth-order valence-corrected chi connectivity index (χ4v) is 11.6. The summed E-state index contributed by atoms with van der Waals surface area (Å²) in [5, 5.41) is 3.62. The predicted octanol–water partition coefficient (Wildman–Crippen LogP) is 20.9. The van der Waals surface area contributed by atoms with Crippen molar-refractivity contribution in [2.24, 2.45) is 0 Å². The fourth-order valence-electron chi connectivity index (χ4n) is 11.6. The molecule has 12 aromatic carbocycles. The number of rotatable bonds is 10. The quantitative estimate of drug-likeness (QED) is 0.126. The first-order valence-corrected chi connectivity index (χ1v) is 25.4. The van der Waals surface area contributed by atoms with E-state index >= 15 is 8.78 Å². The molecule has 12 aromatic rings. The van der Waals surface area contributed by atoms with Crippen LogP contribution >= 0.6 is 0 Å². The van der Waals surface area contributed by atoms with Gasteiger partial charge < -0.3 is 9.80 Å². The van der Waals surface area contributed by atoms with Gasteiger partial charge in [-0.1, -0.05) is 202 Å². The van der Waals surface area contributed by atoms with Crippen LogP contribution in [0.25, 0.3) is 76.8 Å². The molecule has 0 saturated carbocycles. The molecule has 0 aromatic heterocycles. The van der Waals surface area contributed by atoms with Crippen molar-refractivity contribution < 1.29 is 22.5 Å². The first kappa shape index (κ1) is 37.8. The van der Waals surface area contributed by atoms with Gasteiger partial charge in [0, 0.05) is 33.3 Å². The molecule has 0 saturated heterocycles. The van der Waals surface area contributed by atoms with E-state index in [1.165, 1.54) is 9.80 Å². The maximum Gasteiger partial charge on any atom is 0.155 e. The van der Waals surface area contributed by atoms with Crippen LogP contribution in [0.5, 0.6) is 0 Å². The third kappa shape index (κ3) is 8.54. The summed E-state index contributed by atoms with van der Waals surface area (Å²) in [5.41, 5.74) is 11.7. The van der Waals surface area contributed by atoms with Crippen molar-refractivity contribution in [1.29, 1.82) is 0 Å². The average molecular weight is 999 g/mol. The van der Waals surface area contributed by atoms with E-state index in [0.29, 0.717) is 54.6 Å². The fraction of sp³-hybridized carbons (Fsp3) is 0.111. The Bertz CT molecular complexity index is 4420. The van der Waals surface area contributed by atoms with Crippen molar-refractivity contribution in [3.8, 4) is 44.5 Å². The number of aryl methyl sites for hydroxylation is 8. The lowest BCUT2D eigenvalue weighted by Crippen LogP contribution is -2.14. The van der Waals surface area contributed by atoms with Crippen LogP contribution in [0.2, 0.25) is 0 Å². The molecule has 0 bridgehead atoms. The van der Waals surface area contributed by atoms with Gasteiger partial charge in [-0.15, -0.1) is 0 Å². The minimum Gasteiger partial charge on any atom is -0.307 e. The van der Waals surface area contributed by atoms with Gasteiger partial charge in [-0.05, 0) is 159 Å². The van der Waals surface area contributed by atoms with Crippen molar-refractivity contribution in [1.82, 2.24) is 0 Å². The van der Waals surface area contributed by atoms with E-state index in [1.54, 1.807) is 24.3 Å². The molecular weight excluding hydrogens is 931 g/mol. The van der Waals surface area contributed by atoms with Crippen LogP contribution in [-0.4, -0.2) is 0 Å². The minimum atomic E-state index is -0.702. The zero-order chi connectivity index (χ0) is 61.2. The molecule has 370 valence electrons. The van der Waals surface area contributed by atoms with Gasteiger partial charge in [0.2, 0.25) is 0 Å². The third-order valence-electron chi connectivity index (χ3n) is 14.3. The van der Waals surface area contributed by atoms with Gasteiger partial charge in [0.1, 0.15) is 0 Å². The molecule has 2 nitrogen and oxygen atoms in total. The van der Waals surface area contributed by atoms with Crippen molar-refractivity contribution in [3.63, 3.8) is 0 Å². The van der Waals surface area contributed by atoms with Crippen molar-refractivity contribution in [2.45, 2.75) is 55.4 Å². The predicted molar refractivity (Wildman–Crippen MR) is 319 cm³/mol. The van der Waals surface area contributed by atoms with Gasteiger partial charge in [0.25, 0.3) is 0 Å². The Morgan fingerprint density at radius 3 is 0.934 bits per heavy atom. The summed E-state index contributed by atoms with van der Waals surface area (Å²) in [7, 11) is 0. The standard InChI is InChI=1S/C72H58F2N2/c1-43-31-44(2)36-53(35-43)59-25-29-65(71(73)69(59)55-39-47(5)33-48(6)40-55)75(57-15-11-9-12-16-57)63-27-21-51-20-24-62-64(28-22-52-19-23-61(63)67(51)68(52)62)76(58-17-13-10-14-18-58)66-30-26-60(54-37-45(3)32-46(4)38-54)70(72(66)74)56-41-49(7)34-50(8)42-56/h9-42H,1-8H3/i9D,10D,11D,12D,13D,14D,15D,16D,17D,18D. The molecule has 0 fully saturated rings. The van der Waals surface area contributed by atoms with Gasteiger partial charge in [-0.2, -0.15) is 0 Å². The highest BCUT2D eigenvalue weighted by Crippen LogP contribution is 2.51. The first-order chi connectivity index (χ1) is 40.9. The number of halogens is 2. The highest BCUT2D eigenvalue weighted by molar-refractivity contribution is 6.28. The summed E-state index contributed by atoms with van der Waals surface area (Å²) in [6, 6.07) is 39.2. The lowest BCUT2D eigenvalue weighted by Gasteiger charge is -2.30. The summed E-state index contributed by atoms with van der Waals surface area (Å²) < 4.78 is 129. The molecule has 0 aliphatic rings. The molecule has 0 atom stereocenters. The van der Waals surface area contributed by atoms with Crippen LogP contribution < -0.4 is 9.80 Å². The van der Waals surface area contributed by atoms with E-state index in [0.717, 1.165) is 55.6 Å². The van der Waals surface area contributed by atoms with Crippen molar-refractivity contribution in [2.75, 3.05) is 9.80 Å². The molecule has 0 heterocycles. The number of benzene rings is 12. The SMILES string of the molecule is [2H]c1c([2H])c([2H])c(N(c2ccc(-c3cc(C)cc(C)c3)c(-c3cc(C)cc(C)c3)c2F)c2ccc3ccc4c(N(c5ccc(-c6cc(C)cc(C)c6)c(-c6cc(C)cc(C)c6)c5F)c5c([2H])c([2H])c([2H])c([2H])c5[2H])ccc5ccc2c3c54)c([2H])c1[2H]. The maximum atomic E-state index is 18.9. The third-order valence-corrected chi connectivity index (χ3v) is 14.3. The molecular formula is C72H58F2N2. The van der Waals surface area contributed by atoms with Crippen LogP contribution in [0.1, 0.15) is 58.2 Å². The molecule has 76 heavy (non-hydrogen) atoms. The monoisotopic (exact) mass is 999 g/mol. The zero-order valence-electron chi connectivity index (χ0n) is 53.5. The Hall–Kier alpha value is -8.86. The van der Waals surface area contributed by atoms with Gasteiger partial charge in [-0.25, -0.2) is 8.78 Å². The molecule has 0 radical (unpaired) electrons. The summed E-state index contributed by atoms with van der Waals surface area (Å²) in [4.78, 5) is 2.83. The van der Waals surface area contributed by atoms with Crippen LogP contribution in [0.4, 0.5) is 42.9 Å². The van der Waals surface area contributed by atoms with Crippen LogP contribution in [-0.2, 0) is 0 Å². The number of para-hydroxylation sites is 2. The Morgan fingerprint density at radius 1 is 0.316 bits per heavy atom. The second kappa shape index (κ2) is 19.1. The number of anilines is 6. The topological polar surface area (TPSA) is 6.48 Å². The molecule has 0 N–H and O–H groups in total. The van der Waals surface area contributed by atoms with E-state index in [2.05, 4.69) is 0 Å². The van der Waals surface area contributed by atoms with Crippen LogP contribution in [0.15, 0.2) is 206 Å². The van der Waals surface area contributed by atoms with E-state index in [9.17, 15) is 5.48 Å². The minimum absolute atomic E-state index is 0.0896. The summed E-state index contributed by atoms with van der Waals surface area (Å²) >= 11 is 0. The van der Waals surface area contributed by atoms with Crippen LogP contribution in [0, 0.1) is 67.0 Å². The average Bonchev–Trinajstić information content (AvgIpc) is 0.797. The van der Waals surface area contributed by atoms with Crippen LogP contribution in [0.3, 0.4) is 0 Å². The number of nitrogens with zero attached hydrogens (tertiary/aromatic N) is 2. The Balaban J connectivity index is 1.18. The molecule has 0 amide bonds. The Morgan fingerprint density at radius 2 is 0.605 bits per heavy atom. The molecule has 4 heteroatoms. The largest absolute Gasteiger partial charge is 0.307 e. The van der Waals surface area contributed by atoms with E-state index < -0.39 is 72.1 Å². The Kier molecular flexibility index (Phi) is 9.51. The van der Waals surface area contributed by atoms with Gasteiger partial charge >= 0.3 is 0 Å². The number of hydrogen-bond acceptors (Lipinski definition) is 2. The second-order valence-corrected chi connectivity index (χ2v) is 20.4. The maximum absolute atomic E-state index is 18.9. The van der Waals surface area contributed by atoms with Gasteiger partial charge in [-0.3, -0.25) is 0 Å². The molecule has 0 spiro atoms. The summed E-state index contributed by atoms with van der Waals surface area (Å²) in [6.45, 7) is 15.7. The highest BCUT2D eigenvalue weighted by Gasteiger charge is 2.28. The molecule has 0 unspecified atom stereocenters.